The molecule has 0 amide bonds. The highest BCUT2D eigenvalue weighted by atomic mass is 127. The first-order valence-corrected chi connectivity index (χ1v) is 10.9. The SMILES string of the molecule is CCNC(=NCCc1nnc2ccccn12)N1CCN(Cc2cccc(Cl)c2)CC1.I. The molecule has 1 N–H and O–H groups in total. The van der Waals surface area contributed by atoms with Crippen LogP contribution < -0.4 is 5.32 Å². The van der Waals surface area contributed by atoms with Crippen molar-refractivity contribution < 1.29 is 0 Å². The summed E-state index contributed by atoms with van der Waals surface area (Å²) in [7, 11) is 0. The Morgan fingerprint density at radius 1 is 1.10 bits per heavy atom. The van der Waals surface area contributed by atoms with Crippen molar-refractivity contribution in [3.8, 4) is 0 Å². The van der Waals surface area contributed by atoms with E-state index in [1.807, 2.05) is 47.0 Å². The van der Waals surface area contributed by atoms with E-state index in [4.69, 9.17) is 16.6 Å². The number of nitrogens with zero attached hydrogens (tertiary/aromatic N) is 6. The van der Waals surface area contributed by atoms with Crippen LogP contribution in [0.4, 0.5) is 0 Å². The molecule has 1 aliphatic rings. The molecule has 4 rings (SSSR count). The van der Waals surface area contributed by atoms with E-state index in [9.17, 15) is 0 Å². The monoisotopic (exact) mass is 553 g/mol. The van der Waals surface area contributed by atoms with Gasteiger partial charge in [0.25, 0.3) is 0 Å². The van der Waals surface area contributed by atoms with Crippen molar-refractivity contribution in [1.29, 1.82) is 0 Å². The lowest BCUT2D eigenvalue weighted by Crippen LogP contribution is -2.52. The van der Waals surface area contributed by atoms with Crippen molar-refractivity contribution in [2.45, 2.75) is 19.9 Å². The largest absolute Gasteiger partial charge is 0.357 e. The summed E-state index contributed by atoms with van der Waals surface area (Å²) in [5.41, 5.74) is 2.14. The van der Waals surface area contributed by atoms with E-state index >= 15 is 0 Å². The normalized spacial score (nSPS) is 15.2. The molecule has 0 bridgehead atoms. The van der Waals surface area contributed by atoms with Crippen LogP contribution in [0.3, 0.4) is 0 Å². The Balaban J connectivity index is 0.00000272. The molecule has 1 aliphatic heterocycles. The third-order valence-corrected chi connectivity index (χ3v) is 5.52. The Bertz CT molecular complexity index is 998. The molecular weight excluding hydrogens is 525 g/mol. The van der Waals surface area contributed by atoms with Gasteiger partial charge in [-0.1, -0.05) is 29.8 Å². The minimum atomic E-state index is 0. The molecule has 1 fully saturated rings. The van der Waals surface area contributed by atoms with Gasteiger partial charge < -0.3 is 10.2 Å². The number of halogens is 2. The van der Waals surface area contributed by atoms with Crippen molar-refractivity contribution in [2.75, 3.05) is 39.3 Å². The highest BCUT2D eigenvalue weighted by Crippen LogP contribution is 2.14. The van der Waals surface area contributed by atoms with Gasteiger partial charge in [0.15, 0.2) is 11.6 Å². The van der Waals surface area contributed by atoms with Gasteiger partial charge >= 0.3 is 0 Å². The number of hydrogen-bond acceptors (Lipinski definition) is 4. The molecule has 0 saturated carbocycles. The number of benzene rings is 1. The lowest BCUT2D eigenvalue weighted by atomic mass is 10.2. The van der Waals surface area contributed by atoms with Gasteiger partial charge in [-0.15, -0.1) is 34.2 Å². The number of piperazine rings is 1. The van der Waals surface area contributed by atoms with Gasteiger partial charge in [-0.05, 0) is 36.8 Å². The highest BCUT2D eigenvalue weighted by molar-refractivity contribution is 14.0. The molecular formula is C22H29ClIN7. The van der Waals surface area contributed by atoms with Crippen LogP contribution in [-0.4, -0.2) is 69.6 Å². The van der Waals surface area contributed by atoms with Crippen LogP contribution in [-0.2, 0) is 13.0 Å². The molecule has 31 heavy (non-hydrogen) atoms. The fourth-order valence-corrected chi connectivity index (χ4v) is 3.97. The highest BCUT2D eigenvalue weighted by Gasteiger charge is 2.19. The predicted molar refractivity (Wildman–Crippen MR) is 136 cm³/mol. The number of aliphatic imine (C=N–C) groups is 1. The Kier molecular flexibility index (Phi) is 8.91. The van der Waals surface area contributed by atoms with Crippen LogP contribution in [0, 0.1) is 0 Å². The summed E-state index contributed by atoms with van der Waals surface area (Å²) in [5.74, 6) is 1.92. The molecule has 166 valence electrons. The lowest BCUT2D eigenvalue weighted by molar-refractivity contribution is 0.172. The molecule has 7 nitrogen and oxygen atoms in total. The Morgan fingerprint density at radius 3 is 2.71 bits per heavy atom. The van der Waals surface area contributed by atoms with Crippen LogP contribution in [0.5, 0.6) is 0 Å². The summed E-state index contributed by atoms with van der Waals surface area (Å²) in [6.45, 7) is 8.51. The zero-order chi connectivity index (χ0) is 20.8. The fraction of sp³-hybridized carbons (Fsp3) is 0.409. The molecule has 0 spiro atoms. The average Bonchev–Trinajstić information content (AvgIpc) is 3.17. The topological polar surface area (TPSA) is 61.1 Å². The third-order valence-electron chi connectivity index (χ3n) is 5.28. The van der Waals surface area contributed by atoms with Gasteiger partial charge in [-0.3, -0.25) is 14.3 Å². The number of hydrogen-bond donors (Lipinski definition) is 1. The predicted octanol–water partition coefficient (Wildman–Crippen LogP) is 3.33. The Hall–Kier alpha value is -1.91. The van der Waals surface area contributed by atoms with Gasteiger partial charge in [0, 0.05) is 63.5 Å². The molecule has 9 heteroatoms. The average molecular weight is 554 g/mol. The summed E-state index contributed by atoms with van der Waals surface area (Å²) in [5, 5.41) is 12.8. The number of aromatic nitrogens is 3. The maximum atomic E-state index is 6.12. The van der Waals surface area contributed by atoms with Gasteiger partial charge in [0.2, 0.25) is 0 Å². The third kappa shape index (κ3) is 6.30. The second kappa shape index (κ2) is 11.6. The van der Waals surface area contributed by atoms with Crippen molar-refractivity contribution in [1.82, 2.24) is 29.7 Å². The number of guanidine groups is 1. The summed E-state index contributed by atoms with van der Waals surface area (Å²) >= 11 is 6.12. The molecule has 0 radical (unpaired) electrons. The van der Waals surface area contributed by atoms with Crippen LogP contribution in [0.25, 0.3) is 5.65 Å². The van der Waals surface area contributed by atoms with Gasteiger partial charge in [-0.25, -0.2) is 0 Å². The van der Waals surface area contributed by atoms with Crippen LogP contribution >= 0.6 is 35.6 Å². The Morgan fingerprint density at radius 2 is 1.94 bits per heavy atom. The molecule has 0 atom stereocenters. The first-order chi connectivity index (χ1) is 14.7. The number of fused-ring (bicyclic) bond motifs is 1. The van der Waals surface area contributed by atoms with E-state index < -0.39 is 0 Å². The van der Waals surface area contributed by atoms with Gasteiger partial charge in [-0.2, -0.15) is 0 Å². The van der Waals surface area contributed by atoms with E-state index in [-0.39, 0.29) is 24.0 Å². The van der Waals surface area contributed by atoms with E-state index in [0.29, 0.717) is 6.54 Å². The zero-order valence-corrected chi connectivity index (χ0v) is 20.8. The fourth-order valence-electron chi connectivity index (χ4n) is 3.76. The van der Waals surface area contributed by atoms with Crippen LogP contribution in [0.2, 0.25) is 5.02 Å². The van der Waals surface area contributed by atoms with Crippen molar-refractivity contribution in [3.05, 3.63) is 65.1 Å². The van der Waals surface area contributed by atoms with E-state index in [0.717, 1.165) is 68.1 Å². The smallest absolute Gasteiger partial charge is 0.194 e. The summed E-state index contributed by atoms with van der Waals surface area (Å²) in [6.07, 6.45) is 2.76. The number of nitrogens with one attached hydrogen (secondary N) is 1. The molecule has 1 aromatic carbocycles. The summed E-state index contributed by atoms with van der Waals surface area (Å²) < 4.78 is 2.02. The van der Waals surface area contributed by atoms with Crippen molar-refractivity contribution in [2.24, 2.45) is 4.99 Å². The quantitative estimate of drug-likeness (QED) is 0.288. The van der Waals surface area contributed by atoms with Gasteiger partial charge in [0.05, 0.1) is 0 Å². The summed E-state index contributed by atoms with van der Waals surface area (Å²) in [4.78, 5) is 9.67. The van der Waals surface area contributed by atoms with Crippen molar-refractivity contribution in [3.63, 3.8) is 0 Å². The minimum absolute atomic E-state index is 0. The lowest BCUT2D eigenvalue weighted by Gasteiger charge is -2.36. The standard InChI is InChI=1S/C22H28ClN7.HI/c1-2-24-22(25-10-9-21-27-26-20-8-3-4-11-30(20)21)29-14-12-28(13-15-29)17-18-6-5-7-19(23)16-18;/h3-8,11,16H,2,9-10,12-15,17H2,1H3,(H,24,25);1H. The maximum Gasteiger partial charge on any atom is 0.194 e. The molecule has 0 unspecified atom stereocenters. The van der Waals surface area contributed by atoms with E-state index in [2.05, 4.69) is 38.3 Å². The second-order valence-corrected chi connectivity index (χ2v) is 7.86. The number of pyridine rings is 1. The molecule has 1 saturated heterocycles. The Labute approximate surface area is 205 Å². The first-order valence-electron chi connectivity index (χ1n) is 10.5. The van der Waals surface area contributed by atoms with E-state index in [1.54, 1.807) is 0 Å². The van der Waals surface area contributed by atoms with Gasteiger partial charge in [0.1, 0.15) is 5.82 Å². The minimum Gasteiger partial charge on any atom is -0.357 e. The molecule has 2 aromatic heterocycles. The maximum absolute atomic E-state index is 6.12. The van der Waals surface area contributed by atoms with Crippen molar-refractivity contribution >= 4 is 47.2 Å². The molecule has 3 aromatic rings. The molecule has 0 aliphatic carbocycles. The van der Waals surface area contributed by atoms with E-state index in [1.165, 1.54) is 5.56 Å². The number of rotatable bonds is 6. The first kappa shape index (κ1) is 23.7. The van der Waals surface area contributed by atoms with Crippen LogP contribution in [0.1, 0.15) is 18.3 Å². The second-order valence-electron chi connectivity index (χ2n) is 7.42. The molecule has 3 heterocycles. The van der Waals surface area contributed by atoms with Crippen LogP contribution in [0.15, 0.2) is 53.7 Å². The summed E-state index contributed by atoms with van der Waals surface area (Å²) in [6, 6.07) is 14.1. The zero-order valence-electron chi connectivity index (χ0n) is 17.7.